The molecule has 1 N–H and O–H groups in total. The number of nitrogens with zero attached hydrogens (tertiary/aromatic N) is 7. The Balaban J connectivity index is 1.50. The van der Waals surface area contributed by atoms with Crippen LogP contribution in [0.4, 0.5) is 11.4 Å². The van der Waals surface area contributed by atoms with Crippen LogP contribution in [0.1, 0.15) is 6.42 Å². The molecule has 1 aliphatic rings. The number of aliphatic hydroxyl groups is 1. The molecule has 1 aliphatic heterocycles. The minimum absolute atomic E-state index is 0.0222. The predicted octanol–water partition coefficient (Wildman–Crippen LogP) is 3.39. The lowest BCUT2D eigenvalue weighted by Gasteiger charge is -2.30. The van der Waals surface area contributed by atoms with Gasteiger partial charge in [-0.1, -0.05) is 0 Å². The van der Waals surface area contributed by atoms with E-state index in [9.17, 15) is 10.4 Å². The quantitative estimate of drug-likeness (QED) is 0.360. The number of likely N-dealkylation sites (tertiary alicyclic amines) is 1. The van der Waals surface area contributed by atoms with Crippen LogP contribution < -0.4 is 14.4 Å². The van der Waals surface area contributed by atoms with Crippen molar-refractivity contribution in [2.75, 3.05) is 45.3 Å². The van der Waals surface area contributed by atoms with E-state index in [0.717, 1.165) is 46.6 Å². The lowest BCUT2D eigenvalue weighted by atomic mass is 10.1. The number of benzene rings is 2. The SMILES string of the molecule is COc1cc(OC)cc(N(C[C@H](O)CN2CC[C@H](C#N)C2)c2ccc3ncc(-c4cnn(C)c4)nc3c2)c1. The Morgan fingerprint density at radius 2 is 1.89 bits per heavy atom. The Hall–Kier alpha value is -4.20. The Morgan fingerprint density at radius 1 is 1.11 bits per heavy atom. The summed E-state index contributed by atoms with van der Waals surface area (Å²) in [7, 11) is 5.09. The molecule has 0 unspecified atom stereocenters. The van der Waals surface area contributed by atoms with Gasteiger partial charge in [-0.3, -0.25) is 14.6 Å². The first-order valence-electron chi connectivity index (χ1n) is 12.5. The summed E-state index contributed by atoms with van der Waals surface area (Å²) in [4.78, 5) is 13.6. The third-order valence-electron chi connectivity index (χ3n) is 6.80. The highest BCUT2D eigenvalue weighted by molar-refractivity contribution is 5.82. The van der Waals surface area contributed by atoms with Crippen molar-refractivity contribution in [2.24, 2.45) is 13.0 Å². The molecule has 0 saturated carbocycles. The average molecular weight is 514 g/mol. The van der Waals surface area contributed by atoms with Crippen molar-refractivity contribution in [2.45, 2.75) is 12.5 Å². The second kappa shape index (κ2) is 11.0. The molecule has 1 fully saturated rings. The number of hydrogen-bond acceptors (Lipinski definition) is 9. The number of fused-ring (bicyclic) bond motifs is 1. The van der Waals surface area contributed by atoms with E-state index >= 15 is 0 Å². The van der Waals surface area contributed by atoms with Crippen LogP contribution in [0.3, 0.4) is 0 Å². The maximum absolute atomic E-state index is 11.2. The lowest BCUT2D eigenvalue weighted by molar-refractivity contribution is 0.130. The summed E-state index contributed by atoms with van der Waals surface area (Å²) in [5.74, 6) is 1.32. The number of anilines is 2. The molecule has 2 aromatic carbocycles. The Bertz CT molecular complexity index is 1440. The van der Waals surface area contributed by atoms with Crippen molar-refractivity contribution in [3.63, 3.8) is 0 Å². The van der Waals surface area contributed by atoms with E-state index in [4.69, 9.17) is 14.5 Å². The van der Waals surface area contributed by atoms with Crippen LogP contribution in [0.25, 0.3) is 22.3 Å². The van der Waals surface area contributed by atoms with Gasteiger partial charge in [0.2, 0.25) is 0 Å². The maximum atomic E-state index is 11.2. The van der Waals surface area contributed by atoms with Gasteiger partial charge in [0, 0.05) is 61.5 Å². The molecule has 4 aromatic rings. The summed E-state index contributed by atoms with van der Waals surface area (Å²) in [6.45, 7) is 2.30. The largest absolute Gasteiger partial charge is 0.497 e. The van der Waals surface area contributed by atoms with Crippen molar-refractivity contribution < 1.29 is 14.6 Å². The van der Waals surface area contributed by atoms with Gasteiger partial charge in [-0.15, -0.1) is 0 Å². The van der Waals surface area contributed by atoms with E-state index in [0.29, 0.717) is 31.1 Å². The highest BCUT2D eigenvalue weighted by Gasteiger charge is 2.25. The molecule has 5 rings (SSSR count). The second-order valence-electron chi connectivity index (χ2n) is 9.54. The van der Waals surface area contributed by atoms with E-state index in [1.165, 1.54) is 0 Å². The number of nitriles is 1. The molecule has 2 atom stereocenters. The summed E-state index contributed by atoms with van der Waals surface area (Å²) < 4.78 is 12.8. The smallest absolute Gasteiger partial charge is 0.124 e. The van der Waals surface area contributed by atoms with Crippen molar-refractivity contribution >= 4 is 22.4 Å². The molecule has 38 heavy (non-hydrogen) atoms. The zero-order chi connectivity index (χ0) is 26.6. The van der Waals surface area contributed by atoms with Crippen LogP contribution >= 0.6 is 0 Å². The molecular weight excluding hydrogens is 482 g/mol. The zero-order valence-corrected chi connectivity index (χ0v) is 21.8. The van der Waals surface area contributed by atoms with Gasteiger partial charge >= 0.3 is 0 Å². The number of ether oxygens (including phenoxy) is 2. The minimum Gasteiger partial charge on any atom is -0.497 e. The number of hydrogen-bond donors (Lipinski definition) is 1. The summed E-state index contributed by atoms with van der Waals surface area (Å²) >= 11 is 0. The number of rotatable bonds is 9. The number of methoxy groups -OCH3 is 2. The summed E-state index contributed by atoms with van der Waals surface area (Å²) in [6.07, 6.45) is 5.59. The zero-order valence-electron chi connectivity index (χ0n) is 21.8. The van der Waals surface area contributed by atoms with Gasteiger partial charge in [0.05, 0.1) is 68.0 Å². The molecule has 10 nitrogen and oxygen atoms in total. The highest BCUT2D eigenvalue weighted by atomic mass is 16.5. The predicted molar refractivity (Wildman–Crippen MR) is 144 cm³/mol. The number of aliphatic hydroxyl groups excluding tert-OH is 1. The van der Waals surface area contributed by atoms with Crippen LogP contribution in [-0.2, 0) is 7.05 Å². The first-order chi connectivity index (χ1) is 18.4. The van der Waals surface area contributed by atoms with Gasteiger partial charge in [-0.05, 0) is 31.2 Å². The average Bonchev–Trinajstić information content (AvgIpc) is 3.59. The molecule has 196 valence electrons. The number of β-amino-alcohol motifs (C(OH)–C–C–N with tert-alkyl or cyclic N) is 1. The molecular formula is C28H31N7O3. The number of aromatic nitrogens is 4. The van der Waals surface area contributed by atoms with Gasteiger partial charge in [0.1, 0.15) is 11.5 Å². The first kappa shape index (κ1) is 25.4. The standard InChI is InChI=1S/C28H31N7O3/c1-33-16-20(13-31-33)28-14-30-26-5-4-21(10-27(26)32-28)35(22-8-24(37-2)11-25(9-22)38-3)18-23(36)17-34-7-6-19(12-29)15-34/h4-5,8-11,13-14,16,19,23,36H,6-7,15,17-18H2,1-3H3/t19-,23-/m1/s1. The molecule has 0 spiro atoms. The maximum Gasteiger partial charge on any atom is 0.124 e. The van der Waals surface area contributed by atoms with Crippen LogP contribution in [0.2, 0.25) is 0 Å². The van der Waals surface area contributed by atoms with Crippen LogP contribution in [0, 0.1) is 17.2 Å². The van der Waals surface area contributed by atoms with Crippen LogP contribution in [0.5, 0.6) is 11.5 Å². The Labute approximate surface area is 221 Å². The van der Waals surface area contributed by atoms with Gasteiger partial charge in [-0.2, -0.15) is 10.4 Å². The summed E-state index contributed by atoms with van der Waals surface area (Å²) in [5.41, 5.74) is 4.78. The molecule has 0 bridgehead atoms. The van der Waals surface area contributed by atoms with Gasteiger partial charge in [0.15, 0.2) is 0 Å². The van der Waals surface area contributed by atoms with E-state index in [1.54, 1.807) is 31.3 Å². The van der Waals surface area contributed by atoms with Gasteiger partial charge in [0.25, 0.3) is 0 Å². The topological polar surface area (TPSA) is 113 Å². The Kier molecular flexibility index (Phi) is 7.40. The summed E-state index contributed by atoms with van der Waals surface area (Å²) in [5, 5.41) is 24.7. The van der Waals surface area contributed by atoms with Gasteiger partial charge < -0.3 is 19.5 Å². The van der Waals surface area contributed by atoms with Crippen LogP contribution in [-0.4, -0.2) is 76.3 Å². The second-order valence-corrected chi connectivity index (χ2v) is 9.54. The molecule has 1 saturated heterocycles. The van der Waals surface area contributed by atoms with E-state index < -0.39 is 6.10 Å². The van der Waals surface area contributed by atoms with Gasteiger partial charge in [-0.25, -0.2) is 4.98 Å². The molecule has 0 amide bonds. The highest BCUT2D eigenvalue weighted by Crippen LogP contribution is 2.34. The molecule has 0 radical (unpaired) electrons. The van der Waals surface area contributed by atoms with Crippen LogP contribution in [0.15, 0.2) is 55.0 Å². The summed E-state index contributed by atoms with van der Waals surface area (Å²) in [6, 6.07) is 13.9. The van der Waals surface area contributed by atoms with Crippen molar-refractivity contribution in [3.8, 4) is 28.8 Å². The van der Waals surface area contributed by atoms with E-state index in [2.05, 4.69) is 21.1 Å². The van der Waals surface area contributed by atoms with E-state index in [-0.39, 0.29) is 5.92 Å². The van der Waals surface area contributed by atoms with Crippen molar-refractivity contribution in [1.29, 1.82) is 5.26 Å². The fourth-order valence-electron chi connectivity index (χ4n) is 4.84. The fraction of sp³-hybridized carbons (Fsp3) is 0.357. The molecule has 0 aliphatic carbocycles. The number of aryl methyl sites for hydroxylation is 1. The first-order valence-corrected chi connectivity index (χ1v) is 12.5. The monoisotopic (exact) mass is 513 g/mol. The van der Waals surface area contributed by atoms with Crippen molar-refractivity contribution in [3.05, 3.63) is 55.0 Å². The normalized spacial score (nSPS) is 16.3. The minimum atomic E-state index is -0.659. The Morgan fingerprint density at radius 3 is 2.55 bits per heavy atom. The molecule has 10 heteroatoms. The molecule has 2 aromatic heterocycles. The third kappa shape index (κ3) is 5.54. The molecule has 3 heterocycles. The van der Waals surface area contributed by atoms with Crippen molar-refractivity contribution in [1.82, 2.24) is 24.6 Å². The van der Waals surface area contributed by atoms with E-state index in [1.807, 2.05) is 54.5 Å². The lowest BCUT2D eigenvalue weighted by Crippen LogP contribution is -2.38. The fourth-order valence-corrected chi connectivity index (χ4v) is 4.84. The third-order valence-corrected chi connectivity index (χ3v) is 6.80.